The second kappa shape index (κ2) is 5.90. The SMILES string of the molecule is CCCNC(=O)c1cccc(NC(C)=O)c1. The zero-order chi connectivity index (χ0) is 12.0. The van der Waals surface area contributed by atoms with E-state index in [0.717, 1.165) is 6.42 Å². The monoisotopic (exact) mass is 220 g/mol. The van der Waals surface area contributed by atoms with Crippen LogP contribution in [0.15, 0.2) is 24.3 Å². The van der Waals surface area contributed by atoms with Gasteiger partial charge in [-0.25, -0.2) is 0 Å². The van der Waals surface area contributed by atoms with Crippen LogP contribution in [0.5, 0.6) is 0 Å². The van der Waals surface area contributed by atoms with Gasteiger partial charge >= 0.3 is 0 Å². The minimum atomic E-state index is -0.147. The van der Waals surface area contributed by atoms with E-state index in [4.69, 9.17) is 0 Å². The fraction of sp³-hybridized carbons (Fsp3) is 0.333. The lowest BCUT2D eigenvalue weighted by Gasteiger charge is -2.06. The van der Waals surface area contributed by atoms with E-state index in [9.17, 15) is 9.59 Å². The van der Waals surface area contributed by atoms with Crippen molar-refractivity contribution < 1.29 is 9.59 Å². The highest BCUT2D eigenvalue weighted by Crippen LogP contribution is 2.10. The third-order valence-corrected chi connectivity index (χ3v) is 1.98. The molecule has 1 rings (SSSR count). The molecule has 0 atom stereocenters. The summed E-state index contributed by atoms with van der Waals surface area (Å²) in [5.41, 5.74) is 1.19. The van der Waals surface area contributed by atoms with Gasteiger partial charge in [0, 0.05) is 24.7 Å². The van der Waals surface area contributed by atoms with Crippen LogP contribution in [-0.2, 0) is 4.79 Å². The quantitative estimate of drug-likeness (QED) is 0.812. The molecule has 0 aliphatic carbocycles. The van der Waals surface area contributed by atoms with Crippen molar-refractivity contribution in [3.05, 3.63) is 29.8 Å². The molecule has 0 saturated carbocycles. The lowest BCUT2D eigenvalue weighted by molar-refractivity contribution is -0.114. The van der Waals surface area contributed by atoms with Crippen molar-refractivity contribution in [2.24, 2.45) is 0 Å². The summed E-state index contributed by atoms with van der Waals surface area (Å²) in [6, 6.07) is 6.87. The fourth-order valence-electron chi connectivity index (χ4n) is 1.28. The minimum absolute atomic E-state index is 0.117. The average molecular weight is 220 g/mol. The molecule has 2 amide bonds. The van der Waals surface area contributed by atoms with Crippen molar-refractivity contribution in [2.75, 3.05) is 11.9 Å². The van der Waals surface area contributed by atoms with Gasteiger partial charge in [0.25, 0.3) is 5.91 Å². The Labute approximate surface area is 95.0 Å². The van der Waals surface area contributed by atoms with Crippen molar-refractivity contribution in [3.63, 3.8) is 0 Å². The molecule has 4 nitrogen and oxygen atoms in total. The molecule has 0 spiro atoms. The lowest BCUT2D eigenvalue weighted by atomic mass is 10.2. The van der Waals surface area contributed by atoms with Crippen LogP contribution < -0.4 is 10.6 Å². The third kappa shape index (κ3) is 3.73. The molecule has 0 saturated heterocycles. The van der Waals surface area contributed by atoms with Crippen LogP contribution in [0.1, 0.15) is 30.6 Å². The van der Waals surface area contributed by atoms with E-state index in [2.05, 4.69) is 10.6 Å². The molecule has 0 heterocycles. The number of rotatable bonds is 4. The Morgan fingerprint density at radius 3 is 2.69 bits per heavy atom. The summed E-state index contributed by atoms with van der Waals surface area (Å²) >= 11 is 0. The van der Waals surface area contributed by atoms with E-state index in [1.165, 1.54) is 6.92 Å². The first-order valence-corrected chi connectivity index (χ1v) is 5.29. The molecular formula is C12H16N2O2. The van der Waals surface area contributed by atoms with Crippen LogP contribution in [0.2, 0.25) is 0 Å². The van der Waals surface area contributed by atoms with Gasteiger partial charge in [0.15, 0.2) is 0 Å². The van der Waals surface area contributed by atoms with E-state index in [0.29, 0.717) is 17.8 Å². The largest absolute Gasteiger partial charge is 0.352 e. The summed E-state index contributed by atoms with van der Waals surface area (Å²) in [4.78, 5) is 22.5. The van der Waals surface area contributed by atoms with Crippen molar-refractivity contribution in [2.45, 2.75) is 20.3 Å². The number of nitrogens with one attached hydrogen (secondary N) is 2. The van der Waals surface area contributed by atoms with Gasteiger partial charge in [0.05, 0.1) is 0 Å². The van der Waals surface area contributed by atoms with Crippen LogP contribution in [-0.4, -0.2) is 18.4 Å². The highest BCUT2D eigenvalue weighted by Gasteiger charge is 2.05. The van der Waals surface area contributed by atoms with Gasteiger partial charge in [0.1, 0.15) is 0 Å². The molecule has 0 fully saturated rings. The third-order valence-electron chi connectivity index (χ3n) is 1.98. The number of benzene rings is 1. The summed E-state index contributed by atoms with van der Waals surface area (Å²) in [6.07, 6.45) is 0.900. The van der Waals surface area contributed by atoms with Crippen molar-refractivity contribution >= 4 is 17.5 Å². The van der Waals surface area contributed by atoms with Gasteiger partial charge in [-0.2, -0.15) is 0 Å². The second-order valence-electron chi connectivity index (χ2n) is 3.52. The normalized spacial score (nSPS) is 9.62. The molecule has 2 N–H and O–H groups in total. The van der Waals surface area contributed by atoms with E-state index in [1.807, 2.05) is 6.92 Å². The standard InChI is InChI=1S/C12H16N2O2/c1-3-7-13-12(16)10-5-4-6-11(8-10)14-9(2)15/h4-6,8H,3,7H2,1-2H3,(H,13,16)(H,14,15). The van der Waals surface area contributed by atoms with Crippen LogP contribution >= 0.6 is 0 Å². The summed E-state index contributed by atoms with van der Waals surface area (Å²) < 4.78 is 0. The molecule has 16 heavy (non-hydrogen) atoms. The minimum Gasteiger partial charge on any atom is -0.352 e. The van der Waals surface area contributed by atoms with Crippen LogP contribution in [0.25, 0.3) is 0 Å². The molecular weight excluding hydrogens is 204 g/mol. The summed E-state index contributed by atoms with van der Waals surface area (Å²) in [7, 11) is 0. The maximum absolute atomic E-state index is 11.6. The topological polar surface area (TPSA) is 58.2 Å². The van der Waals surface area contributed by atoms with Gasteiger partial charge in [0.2, 0.25) is 5.91 Å². The molecule has 0 aromatic heterocycles. The van der Waals surface area contributed by atoms with Gasteiger partial charge in [-0.05, 0) is 24.6 Å². The number of amides is 2. The van der Waals surface area contributed by atoms with E-state index >= 15 is 0 Å². The fourth-order valence-corrected chi connectivity index (χ4v) is 1.28. The Morgan fingerprint density at radius 2 is 2.06 bits per heavy atom. The Balaban J connectivity index is 2.73. The molecule has 86 valence electrons. The summed E-state index contributed by atoms with van der Waals surface area (Å²) in [5, 5.41) is 5.41. The molecule has 0 aliphatic rings. The highest BCUT2D eigenvalue weighted by molar-refractivity contribution is 5.96. The Kier molecular flexibility index (Phi) is 4.51. The van der Waals surface area contributed by atoms with Crippen molar-refractivity contribution in [1.82, 2.24) is 5.32 Å². The Morgan fingerprint density at radius 1 is 1.31 bits per heavy atom. The predicted molar refractivity (Wildman–Crippen MR) is 63.4 cm³/mol. The predicted octanol–water partition coefficient (Wildman–Crippen LogP) is 1.78. The van der Waals surface area contributed by atoms with Crippen LogP contribution in [0.4, 0.5) is 5.69 Å². The number of hydrogen-bond donors (Lipinski definition) is 2. The van der Waals surface area contributed by atoms with Crippen LogP contribution in [0.3, 0.4) is 0 Å². The molecule has 0 aliphatic heterocycles. The van der Waals surface area contributed by atoms with Crippen molar-refractivity contribution in [1.29, 1.82) is 0 Å². The zero-order valence-corrected chi connectivity index (χ0v) is 9.54. The zero-order valence-electron chi connectivity index (χ0n) is 9.54. The highest BCUT2D eigenvalue weighted by atomic mass is 16.2. The number of carbonyl (C=O) groups excluding carboxylic acids is 2. The number of carbonyl (C=O) groups is 2. The van der Waals surface area contributed by atoms with E-state index in [1.54, 1.807) is 24.3 Å². The summed E-state index contributed by atoms with van der Waals surface area (Å²) in [6.45, 7) is 4.08. The van der Waals surface area contributed by atoms with Crippen LogP contribution in [0, 0.1) is 0 Å². The van der Waals surface area contributed by atoms with Crippen molar-refractivity contribution in [3.8, 4) is 0 Å². The average Bonchev–Trinajstić information content (AvgIpc) is 2.25. The Bertz CT molecular complexity index is 388. The molecule has 0 bridgehead atoms. The molecule has 1 aromatic carbocycles. The lowest BCUT2D eigenvalue weighted by Crippen LogP contribution is -2.24. The molecule has 1 aromatic rings. The number of hydrogen-bond acceptors (Lipinski definition) is 2. The van der Waals surface area contributed by atoms with E-state index < -0.39 is 0 Å². The number of anilines is 1. The van der Waals surface area contributed by atoms with Gasteiger partial charge < -0.3 is 10.6 Å². The summed E-state index contributed by atoms with van der Waals surface area (Å²) in [5.74, 6) is -0.264. The van der Waals surface area contributed by atoms with Gasteiger partial charge in [-0.1, -0.05) is 13.0 Å². The first-order chi connectivity index (χ1) is 7.63. The van der Waals surface area contributed by atoms with Gasteiger partial charge in [-0.3, -0.25) is 9.59 Å². The second-order valence-corrected chi connectivity index (χ2v) is 3.52. The maximum atomic E-state index is 11.6. The molecule has 0 unspecified atom stereocenters. The smallest absolute Gasteiger partial charge is 0.251 e. The molecule has 4 heteroatoms. The maximum Gasteiger partial charge on any atom is 0.251 e. The Hall–Kier alpha value is -1.84. The van der Waals surface area contributed by atoms with Gasteiger partial charge in [-0.15, -0.1) is 0 Å². The first-order valence-electron chi connectivity index (χ1n) is 5.29. The van der Waals surface area contributed by atoms with E-state index in [-0.39, 0.29) is 11.8 Å². The molecule has 0 radical (unpaired) electrons. The first kappa shape index (κ1) is 12.2.